The molecule has 1 aliphatic rings. The van der Waals surface area contributed by atoms with Crippen molar-refractivity contribution in [3.8, 4) is 5.75 Å². The fourth-order valence-electron chi connectivity index (χ4n) is 2.87. The number of benzene rings is 1. The number of halogens is 1. The summed E-state index contributed by atoms with van der Waals surface area (Å²) in [6.07, 6.45) is 1.21. The number of hydrogen-bond acceptors (Lipinski definition) is 5. The summed E-state index contributed by atoms with van der Waals surface area (Å²) in [5, 5.41) is 0. The number of methoxy groups -OCH3 is 1. The molecule has 0 aliphatic carbocycles. The smallest absolute Gasteiger partial charge is 0.240 e. The number of hydrogen-bond donors (Lipinski definition) is 1. The molecule has 8 heteroatoms. The molecule has 24 heavy (non-hydrogen) atoms. The van der Waals surface area contributed by atoms with Gasteiger partial charge in [0.05, 0.1) is 28.7 Å². The number of morpholine rings is 1. The van der Waals surface area contributed by atoms with Crippen molar-refractivity contribution in [2.24, 2.45) is 0 Å². The van der Waals surface area contributed by atoms with Gasteiger partial charge in [-0.3, -0.25) is 4.90 Å². The highest BCUT2D eigenvalue weighted by molar-refractivity contribution is 9.10. The summed E-state index contributed by atoms with van der Waals surface area (Å²) in [5.41, 5.74) is 0. The lowest BCUT2D eigenvalue weighted by atomic mass is 10.2. The van der Waals surface area contributed by atoms with E-state index in [0.717, 1.165) is 26.1 Å². The maximum atomic E-state index is 12.3. The molecular formula is C16H25BrN2O4S. The molecule has 2 unspecified atom stereocenters. The van der Waals surface area contributed by atoms with Crippen LogP contribution in [0.5, 0.6) is 5.75 Å². The van der Waals surface area contributed by atoms with Crippen molar-refractivity contribution in [1.29, 1.82) is 0 Å². The standard InChI is InChI=1S/C16H25BrN2O4S/c1-12-10-19(11-13(2)23-12)8-4-7-18-24(20,21)14-5-6-16(22-3)15(17)9-14/h5-6,9,12-13,18H,4,7-8,10-11H2,1-3H3. The number of sulfonamides is 1. The topological polar surface area (TPSA) is 67.9 Å². The van der Waals surface area contributed by atoms with Crippen LogP contribution < -0.4 is 9.46 Å². The SMILES string of the molecule is COc1ccc(S(=O)(=O)NCCCN2CC(C)OC(C)C2)cc1Br. The maximum Gasteiger partial charge on any atom is 0.240 e. The molecule has 2 rings (SSSR count). The summed E-state index contributed by atoms with van der Waals surface area (Å²) in [6.45, 7) is 7.17. The molecule has 0 amide bonds. The van der Waals surface area contributed by atoms with Gasteiger partial charge in [-0.1, -0.05) is 0 Å². The van der Waals surface area contributed by atoms with Gasteiger partial charge in [0.15, 0.2) is 0 Å². The van der Waals surface area contributed by atoms with Crippen molar-refractivity contribution in [3.63, 3.8) is 0 Å². The highest BCUT2D eigenvalue weighted by Crippen LogP contribution is 2.27. The Morgan fingerprint density at radius 3 is 2.58 bits per heavy atom. The Kier molecular flexibility index (Phi) is 7.06. The van der Waals surface area contributed by atoms with Gasteiger partial charge in [-0.15, -0.1) is 0 Å². The van der Waals surface area contributed by atoms with Gasteiger partial charge in [-0.2, -0.15) is 0 Å². The van der Waals surface area contributed by atoms with Crippen molar-refractivity contribution in [2.75, 3.05) is 33.3 Å². The van der Waals surface area contributed by atoms with E-state index in [4.69, 9.17) is 9.47 Å². The fraction of sp³-hybridized carbons (Fsp3) is 0.625. The first kappa shape index (κ1) is 19.7. The first-order chi connectivity index (χ1) is 11.3. The molecule has 1 aromatic rings. The first-order valence-electron chi connectivity index (χ1n) is 8.03. The van der Waals surface area contributed by atoms with Crippen LogP contribution in [0.25, 0.3) is 0 Å². The monoisotopic (exact) mass is 420 g/mol. The van der Waals surface area contributed by atoms with Crippen LogP contribution in [0.3, 0.4) is 0 Å². The second kappa shape index (κ2) is 8.62. The third-order valence-electron chi connectivity index (χ3n) is 3.87. The third-order valence-corrected chi connectivity index (χ3v) is 5.95. The molecule has 136 valence electrons. The van der Waals surface area contributed by atoms with Gasteiger partial charge >= 0.3 is 0 Å². The average Bonchev–Trinajstić information content (AvgIpc) is 2.50. The summed E-state index contributed by atoms with van der Waals surface area (Å²) < 4.78 is 38.8. The Bertz CT molecular complexity index is 643. The Morgan fingerprint density at radius 2 is 2.00 bits per heavy atom. The van der Waals surface area contributed by atoms with E-state index in [0.29, 0.717) is 16.8 Å². The molecule has 0 aromatic heterocycles. The molecular weight excluding hydrogens is 396 g/mol. The Morgan fingerprint density at radius 1 is 1.33 bits per heavy atom. The van der Waals surface area contributed by atoms with Gasteiger partial charge in [0.25, 0.3) is 0 Å². The maximum absolute atomic E-state index is 12.3. The zero-order valence-corrected chi connectivity index (χ0v) is 16.7. The lowest BCUT2D eigenvalue weighted by molar-refractivity contribution is -0.0679. The van der Waals surface area contributed by atoms with Crippen molar-refractivity contribution >= 4 is 26.0 Å². The lowest BCUT2D eigenvalue weighted by Crippen LogP contribution is -2.46. The van der Waals surface area contributed by atoms with Crippen molar-refractivity contribution in [2.45, 2.75) is 37.4 Å². The molecule has 0 radical (unpaired) electrons. The van der Waals surface area contributed by atoms with E-state index in [2.05, 4.69) is 39.4 Å². The van der Waals surface area contributed by atoms with E-state index < -0.39 is 10.0 Å². The molecule has 1 aromatic carbocycles. The van der Waals surface area contributed by atoms with Crippen LogP contribution in [-0.2, 0) is 14.8 Å². The van der Waals surface area contributed by atoms with E-state index in [1.807, 2.05) is 0 Å². The molecule has 1 fully saturated rings. The number of nitrogens with zero attached hydrogens (tertiary/aromatic N) is 1. The minimum absolute atomic E-state index is 0.224. The Labute approximate surface area is 152 Å². The van der Waals surface area contributed by atoms with Gasteiger partial charge in [0.1, 0.15) is 5.75 Å². The van der Waals surface area contributed by atoms with E-state index in [9.17, 15) is 8.42 Å². The van der Waals surface area contributed by atoms with Crippen molar-refractivity contribution in [3.05, 3.63) is 22.7 Å². The average molecular weight is 421 g/mol. The van der Waals surface area contributed by atoms with Crippen LogP contribution in [0.4, 0.5) is 0 Å². The number of ether oxygens (including phenoxy) is 2. The van der Waals surface area contributed by atoms with Crippen molar-refractivity contribution < 1.29 is 17.9 Å². The van der Waals surface area contributed by atoms with Crippen LogP contribution in [0.1, 0.15) is 20.3 Å². The summed E-state index contributed by atoms with van der Waals surface area (Å²) in [5.74, 6) is 0.601. The Balaban J connectivity index is 1.83. The summed E-state index contributed by atoms with van der Waals surface area (Å²) in [4.78, 5) is 2.54. The third kappa shape index (κ3) is 5.42. The first-order valence-corrected chi connectivity index (χ1v) is 10.3. The van der Waals surface area contributed by atoms with Crippen molar-refractivity contribution in [1.82, 2.24) is 9.62 Å². The zero-order chi connectivity index (χ0) is 17.7. The highest BCUT2D eigenvalue weighted by atomic mass is 79.9. The summed E-state index contributed by atoms with van der Waals surface area (Å²) in [6, 6.07) is 4.72. The number of nitrogens with one attached hydrogen (secondary N) is 1. The van der Waals surface area contributed by atoms with Crippen LogP contribution >= 0.6 is 15.9 Å². The molecule has 2 atom stereocenters. The van der Waals surface area contributed by atoms with E-state index >= 15 is 0 Å². The predicted octanol–water partition coefficient (Wildman–Crippen LogP) is 2.24. The zero-order valence-electron chi connectivity index (χ0n) is 14.3. The molecule has 0 bridgehead atoms. The second-order valence-corrected chi connectivity index (χ2v) is 8.69. The predicted molar refractivity (Wildman–Crippen MR) is 96.9 cm³/mol. The van der Waals surface area contributed by atoms with E-state index in [1.54, 1.807) is 19.2 Å². The van der Waals surface area contributed by atoms with Gasteiger partial charge in [0.2, 0.25) is 10.0 Å². The lowest BCUT2D eigenvalue weighted by Gasteiger charge is -2.35. The van der Waals surface area contributed by atoms with Gasteiger partial charge in [-0.05, 0) is 60.9 Å². The normalized spacial score (nSPS) is 22.5. The minimum Gasteiger partial charge on any atom is -0.496 e. The van der Waals surface area contributed by atoms with Crippen LogP contribution in [0.2, 0.25) is 0 Å². The van der Waals surface area contributed by atoms with E-state index in [1.165, 1.54) is 6.07 Å². The van der Waals surface area contributed by atoms with E-state index in [-0.39, 0.29) is 17.1 Å². The van der Waals surface area contributed by atoms with Gasteiger partial charge in [0, 0.05) is 19.6 Å². The van der Waals surface area contributed by atoms with Gasteiger partial charge in [-0.25, -0.2) is 13.1 Å². The largest absolute Gasteiger partial charge is 0.496 e. The number of rotatable bonds is 7. The molecule has 1 N–H and O–H groups in total. The fourth-order valence-corrected chi connectivity index (χ4v) is 4.67. The Hall–Kier alpha value is -0.670. The molecule has 1 saturated heterocycles. The molecule has 6 nitrogen and oxygen atoms in total. The highest BCUT2D eigenvalue weighted by Gasteiger charge is 2.22. The molecule has 0 spiro atoms. The van der Waals surface area contributed by atoms with Crippen LogP contribution in [0, 0.1) is 0 Å². The van der Waals surface area contributed by atoms with Gasteiger partial charge < -0.3 is 9.47 Å². The molecule has 1 heterocycles. The van der Waals surface area contributed by atoms with Crippen LogP contribution in [-0.4, -0.2) is 58.8 Å². The molecule has 1 aliphatic heterocycles. The second-order valence-electron chi connectivity index (χ2n) is 6.06. The molecule has 0 saturated carbocycles. The van der Waals surface area contributed by atoms with Crippen LogP contribution in [0.15, 0.2) is 27.6 Å². The quantitative estimate of drug-likeness (QED) is 0.684. The summed E-state index contributed by atoms with van der Waals surface area (Å²) in [7, 11) is -1.97. The summed E-state index contributed by atoms with van der Waals surface area (Å²) >= 11 is 3.31. The minimum atomic E-state index is -3.51.